The van der Waals surface area contributed by atoms with Gasteiger partial charge in [-0.2, -0.15) is 0 Å². The van der Waals surface area contributed by atoms with E-state index >= 15 is 0 Å². The van der Waals surface area contributed by atoms with Gasteiger partial charge in [-0.1, -0.05) is 0 Å². The molecule has 0 aliphatic rings. The lowest BCUT2D eigenvalue weighted by molar-refractivity contribution is -0.809. The van der Waals surface area contributed by atoms with Gasteiger partial charge in [0.25, 0.3) is 5.69 Å². The molecule has 0 saturated carbocycles. The summed E-state index contributed by atoms with van der Waals surface area (Å²) >= 11 is 0. The number of nitrogens with one attached hydrogen (secondary N) is 1. The minimum atomic E-state index is -0.778. The third-order valence-electron chi connectivity index (χ3n) is 2.43. The SMILES string of the molecule is O=C(NCCCn1ccnc1)Oc1no[n+]([O-])c1CO. The van der Waals surface area contributed by atoms with Gasteiger partial charge >= 0.3 is 12.0 Å². The molecule has 0 saturated heterocycles. The standard InChI is InChI=1S/C10H13N5O5/c16-6-8-9(13-20-15(8)18)19-10(17)12-2-1-4-14-5-3-11-7-14/h3,5,7,16H,1-2,4,6H2,(H,12,17). The predicted octanol–water partition coefficient (Wildman–Crippen LogP) is -0.825. The van der Waals surface area contributed by atoms with Gasteiger partial charge in [0, 0.05) is 25.5 Å². The molecule has 108 valence electrons. The molecule has 2 rings (SSSR count). The fourth-order valence-corrected chi connectivity index (χ4v) is 1.45. The summed E-state index contributed by atoms with van der Waals surface area (Å²) in [5.74, 6) is -0.352. The molecule has 2 aromatic heterocycles. The number of aromatic nitrogens is 4. The molecule has 0 atom stereocenters. The first-order valence-corrected chi connectivity index (χ1v) is 5.81. The summed E-state index contributed by atoms with van der Waals surface area (Å²) in [7, 11) is 0. The molecule has 0 aliphatic heterocycles. The van der Waals surface area contributed by atoms with Gasteiger partial charge in [0.15, 0.2) is 0 Å². The van der Waals surface area contributed by atoms with Crippen molar-refractivity contribution in [3.8, 4) is 5.88 Å². The number of carbonyl (C=O) groups is 1. The van der Waals surface area contributed by atoms with E-state index in [0.29, 0.717) is 19.5 Å². The number of carbonyl (C=O) groups excluding carboxylic acids is 1. The normalized spacial score (nSPS) is 10.4. The Morgan fingerprint density at radius 1 is 1.65 bits per heavy atom. The van der Waals surface area contributed by atoms with Gasteiger partial charge in [0.1, 0.15) is 6.61 Å². The zero-order valence-electron chi connectivity index (χ0n) is 10.4. The third kappa shape index (κ3) is 3.45. The van der Waals surface area contributed by atoms with Crippen molar-refractivity contribution in [2.45, 2.75) is 19.6 Å². The Balaban J connectivity index is 1.72. The molecule has 20 heavy (non-hydrogen) atoms. The minimum absolute atomic E-state index is 0.0261. The second-order valence-corrected chi connectivity index (χ2v) is 3.81. The van der Waals surface area contributed by atoms with Crippen molar-refractivity contribution < 1.29 is 24.2 Å². The van der Waals surface area contributed by atoms with Crippen LogP contribution in [0, 0.1) is 5.21 Å². The summed E-state index contributed by atoms with van der Waals surface area (Å²) < 4.78 is 10.8. The molecule has 0 aliphatic carbocycles. The largest absolute Gasteiger partial charge is 0.415 e. The molecule has 2 heterocycles. The Morgan fingerprint density at radius 3 is 3.20 bits per heavy atom. The first kappa shape index (κ1) is 13.8. The van der Waals surface area contributed by atoms with E-state index in [-0.39, 0.29) is 16.5 Å². The molecule has 0 aromatic carbocycles. The average molecular weight is 283 g/mol. The molecular formula is C10H13N5O5. The molecule has 2 aromatic rings. The van der Waals surface area contributed by atoms with Crippen molar-refractivity contribution in [3.63, 3.8) is 0 Å². The monoisotopic (exact) mass is 283 g/mol. The number of amides is 1. The number of hydrogen-bond donors (Lipinski definition) is 2. The average Bonchev–Trinajstić information content (AvgIpc) is 3.05. The maximum atomic E-state index is 11.4. The van der Waals surface area contributed by atoms with Gasteiger partial charge in [-0.05, 0) is 11.3 Å². The smallest absolute Gasteiger partial charge is 0.387 e. The van der Waals surface area contributed by atoms with Crippen molar-refractivity contribution in [3.05, 3.63) is 29.6 Å². The zero-order chi connectivity index (χ0) is 14.4. The van der Waals surface area contributed by atoms with Crippen LogP contribution in [0.3, 0.4) is 0 Å². The lowest BCUT2D eigenvalue weighted by Crippen LogP contribution is -2.31. The summed E-state index contributed by atoms with van der Waals surface area (Å²) in [5.41, 5.74) is -0.265. The highest BCUT2D eigenvalue weighted by atomic mass is 16.8. The summed E-state index contributed by atoms with van der Waals surface area (Å²) in [6.45, 7) is 0.434. The quantitative estimate of drug-likeness (QED) is 0.523. The maximum Gasteiger partial charge on any atom is 0.415 e. The van der Waals surface area contributed by atoms with Crippen molar-refractivity contribution in [2.24, 2.45) is 0 Å². The van der Waals surface area contributed by atoms with E-state index in [1.165, 1.54) is 0 Å². The summed E-state index contributed by atoms with van der Waals surface area (Å²) in [4.78, 5) is 15.3. The number of aryl methyl sites for hydroxylation is 1. The predicted molar refractivity (Wildman–Crippen MR) is 62.3 cm³/mol. The highest BCUT2D eigenvalue weighted by Gasteiger charge is 2.22. The van der Waals surface area contributed by atoms with Gasteiger partial charge in [-0.25, -0.2) is 9.78 Å². The number of aliphatic hydroxyl groups is 1. The number of rotatable bonds is 6. The van der Waals surface area contributed by atoms with Gasteiger partial charge in [-0.15, -0.1) is 0 Å². The van der Waals surface area contributed by atoms with E-state index in [1.807, 2.05) is 10.8 Å². The van der Waals surface area contributed by atoms with Crippen molar-refractivity contribution in [1.29, 1.82) is 0 Å². The van der Waals surface area contributed by atoms with Crippen LogP contribution in [0.4, 0.5) is 4.79 Å². The number of imidazole rings is 1. The van der Waals surface area contributed by atoms with E-state index < -0.39 is 12.7 Å². The molecule has 2 N–H and O–H groups in total. The molecule has 0 unspecified atom stereocenters. The topological polar surface area (TPSA) is 129 Å². The zero-order valence-corrected chi connectivity index (χ0v) is 10.4. The Bertz CT molecular complexity index is 552. The minimum Gasteiger partial charge on any atom is -0.387 e. The van der Waals surface area contributed by atoms with Crippen molar-refractivity contribution in [1.82, 2.24) is 20.0 Å². The summed E-state index contributed by atoms with van der Waals surface area (Å²) in [6.07, 6.45) is 5.06. The highest BCUT2D eigenvalue weighted by molar-refractivity contribution is 5.69. The fourth-order valence-electron chi connectivity index (χ4n) is 1.45. The molecule has 10 nitrogen and oxygen atoms in total. The molecule has 0 radical (unpaired) electrons. The first-order chi connectivity index (χ1) is 9.70. The van der Waals surface area contributed by atoms with Gasteiger partial charge < -0.3 is 24.9 Å². The van der Waals surface area contributed by atoms with Crippen LogP contribution in [0.5, 0.6) is 5.88 Å². The van der Waals surface area contributed by atoms with E-state index in [0.717, 1.165) is 0 Å². The van der Waals surface area contributed by atoms with Crippen LogP contribution in [-0.2, 0) is 13.2 Å². The van der Waals surface area contributed by atoms with Crippen LogP contribution in [0.15, 0.2) is 23.4 Å². The third-order valence-corrected chi connectivity index (χ3v) is 2.43. The number of hydrogen-bond acceptors (Lipinski definition) is 7. The Morgan fingerprint density at radius 2 is 2.50 bits per heavy atom. The lowest BCUT2D eigenvalue weighted by atomic mass is 10.4. The van der Waals surface area contributed by atoms with E-state index in [4.69, 9.17) is 9.84 Å². The molecule has 1 amide bonds. The number of aliphatic hydroxyl groups excluding tert-OH is 1. The van der Waals surface area contributed by atoms with Crippen molar-refractivity contribution >= 4 is 6.09 Å². The van der Waals surface area contributed by atoms with Crippen molar-refractivity contribution in [2.75, 3.05) is 6.54 Å². The molecular weight excluding hydrogens is 270 g/mol. The molecule has 0 spiro atoms. The molecule has 0 bridgehead atoms. The fraction of sp³-hybridized carbons (Fsp3) is 0.400. The summed E-state index contributed by atoms with van der Waals surface area (Å²) in [5, 5.41) is 25.5. The Hall–Kier alpha value is -2.62. The van der Waals surface area contributed by atoms with E-state index in [1.54, 1.807) is 12.5 Å². The Kier molecular flexibility index (Phi) is 4.50. The van der Waals surface area contributed by atoms with E-state index in [2.05, 4.69) is 20.1 Å². The highest BCUT2D eigenvalue weighted by Crippen LogP contribution is 2.10. The number of ether oxygens (including phenoxy) is 1. The van der Waals surface area contributed by atoms with Crippen LogP contribution in [-0.4, -0.2) is 32.5 Å². The number of nitrogens with zero attached hydrogens (tertiary/aromatic N) is 4. The van der Waals surface area contributed by atoms with Crippen LogP contribution >= 0.6 is 0 Å². The summed E-state index contributed by atoms with van der Waals surface area (Å²) in [6, 6.07) is 0. The van der Waals surface area contributed by atoms with Crippen LogP contribution in [0.25, 0.3) is 0 Å². The van der Waals surface area contributed by atoms with Gasteiger partial charge in [0.2, 0.25) is 0 Å². The van der Waals surface area contributed by atoms with E-state index in [9.17, 15) is 10.0 Å². The Labute approximate surface area is 113 Å². The van der Waals surface area contributed by atoms with Gasteiger partial charge in [0.05, 0.1) is 11.5 Å². The van der Waals surface area contributed by atoms with Gasteiger partial charge in [-0.3, -0.25) is 4.63 Å². The van der Waals surface area contributed by atoms with Crippen LogP contribution < -0.4 is 15.0 Å². The second kappa shape index (κ2) is 6.52. The molecule has 0 fully saturated rings. The second-order valence-electron chi connectivity index (χ2n) is 3.81. The lowest BCUT2D eigenvalue weighted by Gasteiger charge is -2.04. The first-order valence-electron chi connectivity index (χ1n) is 5.81. The maximum absolute atomic E-state index is 11.4. The van der Waals surface area contributed by atoms with Crippen LogP contribution in [0.1, 0.15) is 12.1 Å². The van der Waals surface area contributed by atoms with Crippen LogP contribution in [0.2, 0.25) is 0 Å². The molecule has 10 heteroatoms.